The van der Waals surface area contributed by atoms with E-state index in [1.54, 1.807) is 25.1 Å². The van der Waals surface area contributed by atoms with E-state index in [1.165, 1.54) is 12.1 Å². The quantitative estimate of drug-likeness (QED) is 0.735. The van der Waals surface area contributed by atoms with Gasteiger partial charge in [-0.25, -0.2) is 13.6 Å². The molecule has 0 aliphatic carbocycles. The summed E-state index contributed by atoms with van der Waals surface area (Å²) in [6, 6.07) is 9.99. The molecule has 0 bridgehead atoms. The summed E-state index contributed by atoms with van der Waals surface area (Å²) < 4.78 is 24.0. The molecule has 116 valence electrons. The fourth-order valence-corrected chi connectivity index (χ4v) is 3.11. The Morgan fingerprint density at radius 3 is 2.45 bits per heavy atom. The first-order chi connectivity index (χ1) is 10.2. The van der Waals surface area contributed by atoms with Crippen LogP contribution in [0.2, 0.25) is 0 Å². The molecule has 7 heteroatoms. The summed E-state index contributed by atoms with van der Waals surface area (Å²) in [4.78, 5) is 12.3. The number of amides is 1. The van der Waals surface area contributed by atoms with Crippen LogP contribution in [-0.4, -0.2) is 14.3 Å². The Labute approximate surface area is 143 Å². The zero-order chi connectivity index (χ0) is 16.5. The van der Waals surface area contributed by atoms with Crippen molar-refractivity contribution in [1.82, 2.24) is 0 Å². The molecule has 0 heterocycles. The highest BCUT2D eigenvalue weighted by molar-refractivity contribution is 14.1. The lowest BCUT2D eigenvalue weighted by Crippen LogP contribution is -2.16. The van der Waals surface area contributed by atoms with E-state index >= 15 is 0 Å². The number of rotatable bonds is 3. The summed E-state index contributed by atoms with van der Waals surface area (Å²) in [7, 11) is -3.82. The number of halogens is 1. The number of nitrogens with one attached hydrogen (secondary N) is 1. The van der Waals surface area contributed by atoms with Crippen molar-refractivity contribution < 1.29 is 13.2 Å². The number of nitrogens with two attached hydrogens (primary N) is 1. The minimum Gasteiger partial charge on any atom is -0.322 e. The van der Waals surface area contributed by atoms with Crippen molar-refractivity contribution in [2.75, 3.05) is 5.32 Å². The van der Waals surface area contributed by atoms with Crippen LogP contribution in [0.3, 0.4) is 0 Å². The predicted octanol–water partition coefficient (Wildman–Crippen LogP) is 2.81. The lowest BCUT2D eigenvalue weighted by molar-refractivity contribution is 0.102. The van der Waals surface area contributed by atoms with Crippen LogP contribution in [0.1, 0.15) is 21.5 Å². The van der Waals surface area contributed by atoms with E-state index in [0.29, 0.717) is 11.3 Å². The average molecular weight is 430 g/mol. The third-order valence-electron chi connectivity index (χ3n) is 3.30. The minimum absolute atomic E-state index is 0.0199. The van der Waals surface area contributed by atoms with Gasteiger partial charge in [0.25, 0.3) is 5.91 Å². The van der Waals surface area contributed by atoms with Crippen LogP contribution in [0.25, 0.3) is 0 Å². The molecule has 2 rings (SSSR count). The average Bonchev–Trinajstić information content (AvgIpc) is 2.42. The second-order valence-electron chi connectivity index (χ2n) is 4.92. The zero-order valence-electron chi connectivity index (χ0n) is 12.1. The van der Waals surface area contributed by atoms with Gasteiger partial charge < -0.3 is 5.32 Å². The van der Waals surface area contributed by atoms with E-state index in [1.807, 2.05) is 13.0 Å². The molecule has 2 aromatic rings. The molecule has 3 N–H and O–H groups in total. The van der Waals surface area contributed by atoms with E-state index in [0.717, 1.165) is 14.7 Å². The zero-order valence-corrected chi connectivity index (χ0v) is 15.0. The largest absolute Gasteiger partial charge is 0.322 e. The topological polar surface area (TPSA) is 89.3 Å². The first-order valence-corrected chi connectivity index (χ1v) is 9.02. The molecule has 0 radical (unpaired) electrons. The lowest BCUT2D eigenvalue weighted by Gasteiger charge is -2.13. The number of carbonyl (C=O) groups is 1. The van der Waals surface area contributed by atoms with Gasteiger partial charge in [0.1, 0.15) is 0 Å². The maximum atomic E-state index is 12.3. The SMILES string of the molecule is Cc1cc(S(N)(=O)=O)cc(NC(=O)c2cccc(I)c2)c1C. The highest BCUT2D eigenvalue weighted by Crippen LogP contribution is 2.24. The van der Waals surface area contributed by atoms with Gasteiger partial charge in [0.05, 0.1) is 4.90 Å². The second-order valence-corrected chi connectivity index (χ2v) is 7.73. The maximum Gasteiger partial charge on any atom is 0.255 e. The van der Waals surface area contributed by atoms with Crippen molar-refractivity contribution in [2.45, 2.75) is 18.7 Å². The van der Waals surface area contributed by atoms with Gasteiger partial charge in [-0.1, -0.05) is 6.07 Å². The molecule has 22 heavy (non-hydrogen) atoms. The van der Waals surface area contributed by atoms with E-state index in [-0.39, 0.29) is 10.8 Å². The summed E-state index contributed by atoms with van der Waals surface area (Å²) in [6.07, 6.45) is 0. The molecule has 0 saturated heterocycles. The summed E-state index contributed by atoms with van der Waals surface area (Å²) in [5.74, 6) is -0.299. The van der Waals surface area contributed by atoms with Crippen molar-refractivity contribution in [3.63, 3.8) is 0 Å². The Kier molecular flexibility index (Phi) is 4.88. The predicted molar refractivity (Wildman–Crippen MR) is 94.4 cm³/mol. The summed E-state index contributed by atoms with van der Waals surface area (Å²) in [6.45, 7) is 3.58. The molecule has 0 atom stereocenters. The van der Waals surface area contributed by atoms with E-state index in [4.69, 9.17) is 5.14 Å². The molecule has 0 saturated carbocycles. The maximum absolute atomic E-state index is 12.3. The highest BCUT2D eigenvalue weighted by atomic mass is 127. The summed E-state index contributed by atoms with van der Waals surface area (Å²) in [5, 5.41) is 7.91. The van der Waals surface area contributed by atoms with Crippen molar-refractivity contribution in [3.05, 3.63) is 56.7 Å². The first kappa shape index (κ1) is 16.9. The fraction of sp³-hybridized carbons (Fsp3) is 0.133. The number of carbonyl (C=O) groups excluding carboxylic acids is 1. The molecule has 0 aliphatic rings. The molecule has 0 aliphatic heterocycles. The van der Waals surface area contributed by atoms with Gasteiger partial charge in [0.2, 0.25) is 10.0 Å². The molecule has 5 nitrogen and oxygen atoms in total. The van der Waals surface area contributed by atoms with Crippen molar-refractivity contribution in [1.29, 1.82) is 0 Å². The van der Waals surface area contributed by atoms with E-state index < -0.39 is 10.0 Å². The van der Waals surface area contributed by atoms with E-state index in [2.05, 4.69) is 27.9 Å². The van der Waals surface area contributed by atoms with Gasteiger partial charge >= 0.3 is 0 Å². The molecule has 1 amide bonds. The minimum atomic E-state index is -3.82. The van der Waals surface area contributed by atoms with Crippen molar-refractivity contribution in [3.8, 4) is 0 Å². The van der Waals surface area contributed by atoms with Crippen LogP contribution in [0, 0.1) is 17.4 Å². The second kappa shape index (κ2) is 6.35. The van der Waals surface area contributed by atoms with E-state index in [9.17, 15) is 13.2 Å². The lowest BCUT2D eigenvalue weighted by atomic mass is 10.1. The number of hydrogen-bond acceptors (Lipinski definition) is 3. The Morgan fingerprint density at radius 2 is 1.86 bits per heavy atom. The Bertz CT molecular complexity index is 848. The van der Waals surface area contributed by atoms with Crippen LogP contribution < -0.4 is 10.5 Å². The monoisotopic (exact) mass is 430 g/mol. The van der Waals surface area contributed by atoms with Gasteiger partial charge in [-0.05, 0) is 77.9 Å². The third-order valence-corrected chi connectivity index (χ3v) is 4.87. The molecule has 0 aromatic heterocycles. The number of aryl methyl sites for hydroxylation is 1. The summed E-state index contributed by atoms with van der Waals surface area (Å²) >= 11 is 2.12. The van der Waals surface area contributed by atoms with Gasteiger partial charge in [0, 0.05) is 14.8 Å². The molecule has 2 aromatic carbocycles. The standard InChI is InChI=1S/C15H15IN2O3S/c1-9-6-13(22(17,20)21)8-14(10(9)2)18-15(19)11-4-3-5-12(16)7-11/h3-8H,1-2H3,(H,18,19)(H2,17,20,21). The summed E-state index contributed by atoms with van der Waals surface area (Å²) in [5.41, 5.74) is 2.48. The number of primary sulfonamides is 1. The van der Waals surface area contributed by atoms with Gasteiger partial charge in [0.15, 0.2) is 0 Å². The fourth-order valence-electron chi connectivity index (χ4n) is 1.94. The Hall–Kier alpha value is -1.45. The van der Waals surface area contributed by atoms with Crippen molar-refractivity contribution in [2.24, 2.45) is 5.14 Å². The molecular formula is C15H15IN2O3S. The van der Waals surface area contributed by atoms with Gasteiger partial charge in [-0.2, -0.15) is 0 Å². The molecular weight excluding hydrogens is 415 g/mol. The van der Waals surface area contributed by atoms with Gasteiger partial charge in [-0.3, -0.25) is 4.79 Å². The Morgan fingerprint density at radius 1 is 1.18 bits per heavy atom. The number of sulfonamides is 1. The van der Waals surface area contributed by atoms with Crippen LogP contribution in [0.4, 0.5) is 5.69 Å². The van der Waals surface area contributed by atoms with Crippen LogP contribution in [0.5, 0.6) is 0 Å². The first-order valence-electron chi connectivity index (χ1n) is 6.39. The molecule has 0 fully saturated rings. The number of benzene rings is 2. The normalized spacial score (nSPS) is 11.3. The number of anilines is 1. The van der Waals surface area contributed by atoms with Gasteiger partial charge in [-0.15, -0.1) is 0 Å². The van der Waals surface area contributed by atoms with Crippen molar-refractivity contribution >= 4 is 44.2 Å². The van der Waals surface area contributed by atoms with Crippen LogP contribution in [0.15, 0.2) is 41.3 Å². The number of hydrogen-bond donors (Lipinski definition) is 2. The van der Waals surface area contributed by atoms with Crippen LogP contribution in [-0.2, 0) is 10.0 Å². The Balaban J connectivity index is 2.41. The smallest absolute Gasteiger partial charge is 0.255 e. The molecule has 0 spiro atoms. The highest BCUT2D eigenvalue weighted by Gasteiger charge is 2.15. The van der Waals surface area contributed by atoms with Crippen LogP contribution >= 0.6 is 22.6 Å². The third kappa shape index (κ3) is 3.84. The molecule has 0 unspecified atom stereocenters.